The lowest BCUT2D eigenvalue weighted by molar-refractivity contribution is -0.142. The van der Waals surface area contributed by atoms with Gasteiger partial charge in [-0.3, -0.25) is 4.79 Å². The fraction of sp³-hybridized carbons (Fsp3) is 0.917. The molecule has 0 saturated carbocycles. The molecule has 1 saturated heterocycles. The third-order valence-corrected chi connectivity index (χ3v) is 4.65. The monoisotopic (exact) mass is 293 g/mol. The van der Waals surface area contributed by atoms with Gasteiger partial charge in [0.05, 0.1) is 18.3 Å². The predicted octanol–water partition coefficient (Wildman–Crippen LogP) is 0.689. The number of nitrogens with one attached hydrogen (secondary N) is 1. The minimum absolute atomic E-state index is 0.0149. The molecular weight excluding hydrogens is 270 g/mol. The van der Waals surface area contributed by atoms with E-state index in [1.54, 1.807) is 0 Å². The van der Waals surface area contributed by atoms with E-state index in [9.17, 15) is 13.2 Å². The maximum atomic E-state index is 11.8. The van der Waals surface area contributed by atoms with Crippen LogP contribution in [-0.4, -0.2) is 45.0 Å². The Morgan fingerprint density at radius 1 is 1.47 bits per heavy atom. The number of sulfonamides is 1. The number of carbonyl (C=O) groups is 1. The second-order valence-corrected chi connectivity index (χ2v) is 7.38. The van der Waals surface area contributed by atoms with Crippen molar-refractivity contribution in [1.82, 2.24) is 4.72 Å². The Bertz CT molecular complexity index is 387. The Morgan fingerprint density at radius 3 is 2.63 bits per heavy atom. The zero-order valence-corrected chi connectivity index (χ0v) is 12.3. The standard InChI is InChI=1S/C12H23NO5S/c1-9(2)5-11(12(14)15)6-13-19(16,17)8-10-3-4-18-7-10/h9-11,13H,3-8H2,1-2H3,(H,14,15). The first-order valence-corrected chi connectivity index (χ1v) is 8.23. The minimum atomic E-state index is -3.42. The molecule has 1 aliphatic rings. The average molecular weight is 293 g/mol. The number of ether oxygens (including phenoxy) is 1. The zero-order chi connectivity index (χ0) is 14.5. The van der Waals surface area contributed by atoms with Crippen LogP contribution in [0.4, 0.5) is 0 Å². The summed E-state index contributed by atoms with van der Waals surface area (Å²) in [5, 5.41) is 9.05. The van der Waals surface area contributed by atoms with Gasteiger partial charge in [-0.2, -0.15) is 0 Å². The molecule has 0 bridgehead atoms. The smallest absolute Gasteiger partial charge is 0.307 e. The summed E-state index contributed by atoms with van der Waals surface area (Å²) in [5.74, 6) is -1.38. The Morgan fingerprint density at radius 2 is 2.16 bits per heavy atom. The van der Waals surface area contributed by atoms with Crippen LogP contribution in [0.25, 0.3) is 0 Å². The van der Waals surface area contributed by atoms with Gasteiger partial charge in [0, 0.05) is 13.2 Å². The molecular formula is C12H23NO5S. The second kappa shape index (κ2) is 7.21. The van der Waals surface area contributed by atoms with Gasteiger partial charge >= 0.3 is 5.97 Å². The van der Waals surface area contributed by atoms with Crippen molar-refractivity contribution >= 4 is 16.0 Å². The van der Waals surface area contributed by atoms with Crippen LogP contribution in [0.1, 0.15) is 26.7 Å². The molecule has 0 aliphatic carbocycles. The van der Waals surface area contributed by atoms with Crippen LogP contribution in [-0.2, 0) is 19.6 Å². The van der Waals surface area contributed by atoms with Gasteiger partial charge in [0.15, 0.2) is 0 Å². The topological polar surface area (TPSA) is 92.7 Å². The third kappa shape index (κ3) is 6.35. The second-order valence-electron chi connectivity index (χ2n) is 5.52. The van der Waals surface area contributed by atoms with Gasteiger partial charge in [0.25, 0.3) is 0 Å². The number of aliphatic carboxylic acids is 1. The molecule has 1 heterocycles. The molecule has 0 amide bonds. The van der Waals surface area contributed by atoms with Crippen LogP contribution in [0.2, 0.25) is 0 Å². The molecule has 0 aromatic heterocycles. The molecule has 1 aliphatic heterocycles. The van der Waals surface area contributed by atoms with Crippen molar-refractivity contribution in [3.05, 3.63) is 0 Å². The molecule has 0 spiro atoms. The van der Waals surface area contributed by atoms with E-state index in [1.165, 1.54) is 0 Å². The Hall–Kier alpha value is -0.660. The van der Waals surface area contributed by atoms with Gasteiger partial charge in [-0.15, -0.1) is 0 Å². The molecule has 0 radical (unpaired) electrons. The summed E-state index contributed by atoms with van der Waals surface area (Å²) < 4.78 is 31.2. The maximum Gasteiger partial charge on any atom is 0.307 e. The van der Waals surface area contributed by atoms with Gasteiger partial charge in [0.1, 0.15) is 0 Å². The quantitative estimate of drug-likeness (QED) is 0.687. The summed E-state index contributed by atoms with van der Waals surface area (Å²) in [4.78, 5) is 11.0. The van der Waals surface area contributed by atoms with Crippen LogP contribution in [0.5, 0.6) is 0 Å². The fourth-order valence-corrected chi connectivity index (χ4v) is 3.61. The molecule has 6 nitrogen and oxygen atoms in total. The van der Waals surface area contributed by atoms with E-state index in [4.69, 9.17) is 9.84 Å². The van der Waals surface area contributed by atoms with Gasteiger partial charge in [-0.25, -0.2) is 13.1 Å². The highest BCUT2D eigenvalue weighted by Crippen LogP contribution is 2.15. The molecule has 1 fully saturated rings. The average Bonchev–Trinajstić information content (AvgIpc) is 2.75. The van der Waals surface area contributed by atoms with E-state index in [0.717, 1.165) is 6.42 Å². The number of hydrogen-bond acceptors (Lipinski definition) is 4. The van der Waals surface area contributed by atoms with E-state index >= 15 is 0 Å². The predicted molar refractivity (Wildman–Crippen MR) is 71.3 cm³/mol. The SMILES string of the molecule is CC(C)CC(CNS(=O)(=O)CC1CCOC1)C(=O)O. The summed E-state index contributed by atoms with van der Waals surface area (Å²) in [5.41, 5.74) is 0. The highest BCUT2D eigenvalue weighted by atomic mass is 32.2. The van der Waals surface area contributed by atoms with Crippen molar-refractivity contribution in [3.63, 3.8) is 0 Å². The van der Waals surface area contributed by atoms with Crippen LogP contribution in [0, 0.1) is 17.8 Å². The van der Waals surface area contributed by atoms with Crippen molar-refractivity contribution in [2.45, 2.75) is 26.7 Å². The molecule has 2 N–H and O–H groups in total. The Labute approximate surface area is 114 Å². The maximum absolute atomic E-state index is 11.8. The first kappa shape index (κ1) is 16.4. The van der Waals surface area contributed by atoms with Crippen LogP contribution < -0.4 is 4.72 Å². The van der Waals surface area contributed by atoms with E-state index in [1.807, 2.05) is 13.8 Å². The number of hydrogen-bond donors (Lipinski definition) is 2. The van der Waals surface area contributed by atoms with Crippen LogP contribution in [0.3, 0.4) is 0 Å². The summed E-state index contributed by atoms with van der Waals surface area (Å²) in [7, 11) is -3.42. The lowest BCUT2D eigenvalue weighted by Gasteiger charge is -2.16. The summed E-state index contributed by atoms with van der Waals surface area (Å²) in [6, 6.07) is 0. The minimum Gasteiger partial charge on any atom is -0.481 e. The normalized spacial score (nSPS) is 21.7. The summed E-state index contributed by atoms with van der Waals surface area (Å²) in [6.07, 6.45) is 1.21. The van der Waals surface area contributed by atoms with Gasteiger partial charge in [-0.05, 0) is 24.7 Å². The largest absolute Gasteiger partial charge is 0.481 e. The van der Waals surface area contributed by atoms with E-state index in [-0.39, 0.29) is 24.1 Å². The van der Waals surface area contributed by atoms with E-state index < -0.39 is 21.9 Å². The number of carboxylic acids is 1. The number of carboxylic acid groups (broad SMARTS) is 1. The van der Waals surface area contributed by atoms with Crippen LogP contribution >= 0.6 is 0 Å². The van der Waals surface area contributed by atoms with Gasteiger partial charge in [0.2, 0.25) is 10.0 Å². The van der Waals surface area contributed by atoms with Crippen molar-refractivity contribution in [3.8, 4) is 0 Å². The zero-order valence-electron chi connectivity index (χ0n) is 11.5. The molecule has 7 heteroatoms. The van der Waals surface area contributed by atoms with Crippen molar-refractivity contribution in [2.24, 2.45) is 17.8 Å². The van der Waals surface area contributed by atoms with Crippen molar-refractivity contribution in [1.29, 1.82) is 0 Å². The highest BCUT2D eigenvalue weighted by molar-refractivity contribution is 7.89. The lowest BCUT2D eigenvalue weighted by Crippen LogP contribution is -2.36. The Kier molecular flexibility index (Phi) is 6.22. The van der Waals surface area contributed by atoms with Crippen molar-refractivity contribution in [2.75, 3.05) is 25.5 Å². The molecule has 1 rings (SSSR count). The third-order valence-electron chi connectivity index (χ3n) is 3.13. The lowest BCUT2D eigenvalue weighted by atomic mass is 9.98. The molecule has 19 heavy (non-hydrogen) atoms. The Balaban J connectivity index is 2.45. The highest BCUT2D eigenvalue weighted by Gasteiger charge is 2.25. The number of rotatable bonds is 8. The first-order valence-electron chi connectivity index (χ1n) is 6.58. The van der Waals surface area contributed by atoms with Gasteiger partial charge in [-0.1, -0.05) is 13.8 Å². The molecule has 2 unspecified atom stereocenters. The van der Waals surface area contributed by atoms with Gasteiger partial charge < -0.3 is 9.84 Å². The fourth-order valence-electron chi connectivity index (χ4n) is 2.15. The molecule has 2 atom stereocenters. The van der Waals surface area contributed by atoms with E-state index in [0.29, 0.717) is 19.6 Å². The molecule has 0 aromatic carbocycles. The van der Waals surface area contributed by atoms with E-state index in [2.05, 4.69) is 4.72 Å². The van der Waals surface area contributed by atoms with Crippen molar-refractivity contribution < 1.29 is 23.1 Å². The summed E-state index contributed by atoms with van der Waals surface area (Å²) >= 11 is 0. The molecule has 0 aromatic rings. The summed E-state index contributed by atoms with van der Waals surface area (Å²) in [6.45, 7) is 4.87. The first-order chi connectivity index (χ1) is 8.80. The molecule has 112 valence electrons. The van der Waals surface area contributed by atoms with Crippen LogP contribution in [0.15, 0.2) is 0 Å².